The third-order valence-electron chi connectivity index (χ3n) is 1.91. The highest BCUT2D eigenvalue weighted by molar-refractivity contribution is 5.74. The van der Waals surface area contributed by atoms with E-state index in [1.165, 1.54) is 12.1 Å². The van der Waals surface area contributed by atoms with Crippen molar-refractivity contribution in [3.05, 3.63) is 35.4 Å². The average molecular weight is 217 g/mol. The van der Waals surface area contributed by atoms with Gasteiger partial charge in [-0.1, -0.05) is 18.2 Å². The van der Waals surface area contributed by atoms with Crippen LogP contribution < -0.4 is 5.73 Å². The summed E-state index contributed by atoms with van der Waals surface area (Å²) >= 11 is 0. The molecule has 15 heavy (non-hydrogen) atoms. The zero-order chi connectivity index (χ0) is 11.5. The molecule has 0 fully saturated rings. The number of hydrogen-bond donors (Lipinski definition) is 1. The molecule has 1 rings (SSSR count). The summed E-state index contributed by atoms with van der Waals surface area (Å²) in [5, 5.41) is 0. The predicted molar refractivity (Wildman–Crippen MR) is 49.0 cm³/mol. The minimum absolute atomic E-state index is 0.0569. The largest absolute Gasteiger partial charge is 0.416 e. The molecule has 0 bridgehead atoms. The van der Waals surface area contributed by atoms with E-state index in [1.54, 1.807) is 0 Å². The second kappa shape index (κ2) is 4.33. The third-order valence-corrected chi connectivity index (χ3v) is 1.91. The summed E-state index contributed by atoms with van der Waals surface area (Å²) < 4.78 is 36.8. The quantitative estimate of drug-likeness (QED) is 0.827. The van der Waals surface area contributed by atoms with Gasteiger partial charge in [-0.3, -0.25) is 4.79 Å². The van der Waals surface area contributed by atoms with Crippen molar-refractivity contribution in [3.63, 3.8) is 0 Å². The van der Waals surface area contributed by atoms with Crippen molar-refractivity contribution >= 4 is 5.91 Å². The van der Waals surface area contributed by atoms with Crippen LogP contribution in [0.3, 0.4) is 0 Å². The van der Waals surface area contributed by atoms with E-state index >= 15 is 0 Å². The lowest BCUT2D eigenvalue weighted by atomic mass is 10.1. The van der Waals surface area contributed by atoms with Crippen molar-refractivity contribution in [1.82, 2.24) is 0 Å². The van der Waals surface area contributed by atoms with E-state index in [-0.39, 0.29) is 12.8 Å². The molecule has 0 radical (unpaired) electrons. The van der Waals surface area contributed by atoms with E-state index in [2.05, 4.69) is 0 Å². The molecule has 1 aromatic carbocycles. The number of primary amides is 1. The van der Waals surface area contributed by atoms with Gasteiger partial charge in [0.05, 0.1) is 5.56 Å². The van der Waals surface area contributed by atoms with Crippen LogP contribution in [0.2, 0.25) is 0 Å². The third kappa shape index (κ3) is 3.61. The number of halogens is 3. The fourth-order valence-electron chi connectivity index (χ4n) is 1.17. The van der Waals surface area contributed by atoms with E-state index in [1.807, 2.05) is 0 Å². The zero-order valence-corrected chi connectivity index (χ0v) is 7.84. The number of hydrogen-bond acceptors (Lipinski definition) is 1. The van der Waals surface area contributed by atoms with E-state index in [4.69, 9.17) is 5.73 Å². The van der Waals surface area contributed by atoms with Crippen LogP contribution in [0.25, 0.3) is 0 Å². The normalized spacial score (nSPS) is 11.4. The number of benzene rings is 1. The Morgan fingerprint density at radius 3 is 2.53 bits per heavy atom. The SMILES string of the molecule is NC(=O)CCc1cccc(C(F)(F)F)c1. The number of rotatable bonds is 3. The lowest BCUT2D eigenvalue weighted by Gasteiger charge is -2.07. The highest BCUT2D eigenvalue weighted by Crippen LogP contribution is 2.29. The van der Waals surface area contributed by atoms with Crippen LogP contribution in [-0.4, -0.2) is 5.91 Å². The van der Waals surface area contributed by atoms with Crippen LogP contribution in [-0.2, 0) is 17.4 Å². The molecule has 1 aromatic rings. The standard InChI is InChI=1S/C10H10F3NO/c11-10(12,13)8-3-1-2-7(6-8)4-5-9(14)15/h1-3,6H,4-5H2,(H2,14,15). The Labute approximate surface area is 84.9 Å². The van der Waals surface area contributed by atoms with Crippen molar-refractivity contribution in [2.24, 2.45) is 5.73 Å². The molecule has 5 heteroatoms. The summed E-state index contributed by atoms with van der Waals surface area (Å²) in [6.07, 6.45) is -4.05. The minimum atomic E-state index is -4.34. The highest BCUT2D eigenvalue weighted by Gasteiger charge is 2.30. The lowest BCUT2D eigenvalue weighted by Crippen LogP contribution is -2.11. The summed E-state index contributed by atoms with van der Waals surface area (Å²) in [6.45, 7) is 0. The van der Waals surface area contributed by atoms with E-state index in [0.29, 0.717) is 5.56 Å². The monoisotopic (exact) mass is 217 g/mol. The minimum Gasteiger partial charge on any atom is -0.370 e. The Morgan fingerprint density at radius 2 is 2.00 bits per heavy atom. The van der Waals surface area contributed by atoms with E-state index in [9.17, 15) is 18.0 Å². The van der Waals surface area contributed by atoms with Gasteiger partial charge in [0.2, 0.25) is 5.91 Å². The topological polar surface area (TPSA) is 43.1 Å². The maximum atomic E-state index is 12.3. The molecule has 0 heterocycles. The van der Waals surface area contributed by atoms with Gasteiger partial charge in [-0.25, -0.2) is 0 Å². The number of alkyl halides is 3. The Bertz CT molecular complexity index is 360. The molecular weight excluding hydrogens is 207 g/mol. The molecular formula is C10H10F3NO. The van der Waals surface area contributed by atoms with Gasteiger partial charge in [-0.05, 0) is 18.1 Å². The Kier molecular flexibility index (Phi) is 3.34. The summed E-state index contributed by atoms with van der Waals surface area (Å²) in [5.74, 6) is -0.521. The van der Waals surface area contributed by atoms with Gasteiger partial charge in [0.1, 0.15) is 0 Å². The average Bonchev–Trinajstić information content (AvgIpc) is 2.14. The van der Waals surface area contributed by atoms with Gasteiger partial charge in [0.25, 0.3) is 0 Å². The zero-order valence-electron chi connectivity index (χ0n) is 7.84. The van der Waals surface area contributed by atoms with Crippen molar-refractivity contribution in [3.8, 4) is 0 Å². The van der Waals surface area contributed by atoms with Gasteiger partial charge in [0.15, 0.2) is 0 Å². The molecule has 0 saturated heterocycles. The predicted octanol–water partition coefficient (Wildman–Crippen LogP) is 2.12. The summed E-state index contributed by atoms with van der Waals surface area (Å²) in [4.78, 5) is 10.5. The second-order valence-corrected chi connectivity index (χ2v) is 3.16. The molecule has 0 aromatic heterocycles. The Hall–Kier alpha value is -1.52. The smallest absolute Gasteiger partial charge is 0.370 e. The van der Waals surface area contributed by atoms with Crippen LogP contribution in [0.4, 0.5) is 13.2 Å². The molecule has 2 nitrogen and oxygen atoms in total. The molecule has 0 atom stereocenters. The number of carbonyl (C=O) groups is 1. The maximum Gasteiger partial charge on any atom is 0.416 e. The number of aryl methyl sites for hydroxylation is 1. The molecule has 0 unspecified atom stereocenters. The number of nitrogens with two attached hydrogens (primary N) is 1. The summed E-state index contributed by atoms with van der Waals surface area (Å²) in [7, 11) is 0. The van der Waals surface area contributed by atoms with Crippen molar-refractivity contribution in [1.29, 1.82) is 0 Å². The van der Waals surface area contributed by atoms with Crippen LogP contribution in [0.5, 0.6) is 0 Å². The first-order valence-corrected chi connectivity index (χ1v) is 4.34. The molecule has 82 valence electrons. The molecule has 0 saturated carbocycles. The summed E-state index contributed by atoms with van der Waals surface area (Å²) in [6, 6.07) is 4.88. The van der Waals surface area contributed by atoms with Gasteiger partial charge < -0.3 is 5.73 Å². The van der Waals surface area contributed by atoms with Gasteiger partial charge in [-0.2, -0.15) is 13.2 Å². The number of amides is 1. The van der Waals surface area contributed by atoms with Crippen molar-refractivity contribution in [2.75, 3.05) is 0 Å². The Balaban J connectivity index is 2.79. The van der Waals surface area contributed by atoms with Gasteiger partial charge >= 0.3 is 6.18 Å². The highest BCUT2D eigenvalue weighted by atomic mass is 19.4. The van der Waals surface area contributed by atoms with Gasteiger partial charge in [-0.15, -0.1) is 0 Å². The fourth-order valence-corrected chi connectivity index (χ4v) is 1.17. The van der Waals surface area contributed by atoms with Crippen LogP contribution >= 0.6 is 0 Å². The number of carbonyl (C=O) groups excluding carboxylic acids is 1. The van der Waals surface area contributed by atoms with Crippen molar-refractivity contribution in [2.45, 2.75) is 19.0 Å². The molecule has 1 amide bonds. The molecule has 0 spiro atoms. The fraction of sp³-hybridized carbons (Fsp3) is 0.300. The molecule has 0 aliphatic carbocycles. The summed E-state index contributed by atoms with van der Waals surface area (Å²) in [5.41, 5.74) is 4.66. The van der Waals surface area contributed by atoms with Crippen molar-refractivity contribution < 1.29 is 18.0 Å². The first-order chi connectivity index (χ1) is 6.89. The lowest BCUT2D eigenvalue weighted by molar-refractivity contribution is -0.137. The van der Waals surface area contributed by atoms with Crippen LogP contribution in [0.1, 0.15) is 17.5 Å². The van der Waals surface area contributed by atoms with Crippen LogP contribution in [0, 0.1) is 0 Å². The van der Waals surface area contributed by atoms with E-state index < -0.39 is 17.6 Å². The molecule has 0 aliphatic heterocycles. The Morgan fingerprint density at radius 1 is 1.33 bits per heavy atom. The maximum absolute atomic E-state index is 12.3. The second-order valence-electron chi connectivity index (χ2n) is 3.16. The first kappa shape index (κ1) is 11.6. The first-order valence-electron chi connectivity index (χ1n) is 4.34. The molecule has 2 N–H and O–H groups in total. The van der Waals surface area contributed by atoms with E-state index in [0.717, 1.165) is 12.1 Å². The molecule has 0 aliphatic rings. The van der Waals surface area contributed by atoms with Crippen LogP contribution in [0.15, 0.2) is 24.3 Å². The van der Waals surface area contributed by atoms with Gasteiger partial charge in [0, 0.05) is 6.42 Å².